The van der Waals surface area contributed by atoms with E-state index in [0.717, 1.165) is 13.5 Å². The van der Waals surface area contributed by atoms with E-state index in [1.54, 1.807) is 0 Å². The molecule has 0 saturated heterocycles. The SMILES string of the molecule is CC[n+]1cc(S(=O)(=O)C(F)(F)C(F)(F)F)n(C)c1S(=O)(=O)C(F)(F)C(F)(F)F.CCn1cc[n+](C)c1.O=S(=O)([C-](S(=O)(=O)C(F)(F)F)S(=O)(=O)C(F)(F)F)C(F)(F)F.O=S(=O)([C-](S(=O)(=O)C(F)(F)F)S(=O)(=O)C(F)(F)F)C(F)(F)F. The zero-order valence-corrected chi connectivity index (χ0v) is 43.4. The fourth-order valence-electron chi connectivity index (χ4n) is 4.05. The van der Waals surface area contributed by atoms with Gasteiger partial charge in [-0.15, -0.1) is 0 Å². The highest BCUT2D eigenvalue weighted by molar-refractivity contribution is 8.30. The molecule has 0 atom stereocenters. The lowest BCUT2D eigenvalue weighted by atomic mass is 10.7. The van der Waals surface area contributed by atoms with Gasteiger partial charge in [-0.2, -0.15) is 123 Å². The summed E-state index contributed by atoms with van der Waals surface area (Å²) in [6.45, 7) is 3.19. The number of imidazole rings is 2. The van der Waals surface area contributed by atoms with Crippen molar-refractivity contribution in [1.29, 1.82) is 0 Å². The number of halogens is 28. The molecule has 0 N–H and O–H groups in total. The molecule has 0 fully saturated rings. The number of hydrogen-bond acceptors (Lipinski definition) is 16. The first kappa shape index (κ1) is 78.1. The number of sulfone groups is 8. The molecule has 0 amide bonds. The van der Waals surface area contributed by atoms with Gasteiger partial charge >= 0.3 is 70.9 Å². The van der Waals surface area contributed by atoms with Crippen LogP contribution >= 0.6 is 0 Å². The van der Waals surface area contributed by atoms with E-state index in [1.165, 1.54) is 0 Å². The molecule has 2 heterocycles. The summed E-state index contributed by atoms with van der Waals surface area (Å²) in [5.41, 5.74) is -42.3. The number of hydrogen-bond donors (Lipinski definition) is 0. The molecule has 2 aromatic heterocycles. The van der Waals surface area contributed by atoms with E-state index < -0.39 is 164 Å². The Morgan fingerprint density at radius 2 is 0.662 bits per heavy atom. The second kappa shape index (κ2) is 22.9. The molecule has 0 unspecified atom stereocenters. The highest BCUT2D eigenvalue weighted by Crippen LogP contribution is 2.50. The number of aromatic nitrogens is 4. The van der Waals surface area contributed by atoms with Crippen LogP contribution < -0.4 is 9.13 Å². The van der Waals surface area contributed by atoms with Crippen molar-refractivity contribution >= 4 is 78.7 Å². The van der Waals surface area contributed by atoms with Gasteiger partial charge in [0.2, 0.25) is 6.33 Å². The van der Waals surface area contributed by atoms with Gasteiger partial charge in [-0.1, -0.05) is 0 Å². The summed E-state index contributed by atoms with van der Waals surface area (Å²) in [7, 11) is -59.6. The predicted octanol–water partition coefficient (Wildman–Crippen LogP) is 5.00. The van der Waals surface area contributed by atoms with Gasteiger partial charge in [-0.25, -0.2) is 35.1 Å². The summed E-state index contributed by atoms with van der Waals surface area (Å²) in [6.07, 6.45) is -7.46. The molecule has 0 aliphatic carbocycles. The first-order chi connectivity index (χ1) is 34.1. The van der Waals surface area contributed by atoms with Crippen molar-refractivity contribution in [2.75, 3.05) is 0 Å². The number of alkyl halides is 28. The minimum absolute atomic E-state index is 0.130. The Labute approximate surface area is 425 Å². The Morgan fingerprint density at radius 1 is 0.425 bits per heavy atom. The van der Waals surface area contributed by atoms with Crippen LogP contribution in [-0.4, -0.2) is 132 Å². The van der Waals surface area contributed by atoms with Gasteiger partial charge in [0.05, 0.1) is 35.0 Å². The van der Waals surface area contributed by atoms with Crippen molar-refractivity contribution in [3.05, 3.63) is 32.7 Å². The van der Waals surface area contributed by atoms with E-state index in [9.17, 15) is 190 Å². The van der Waals surface area contributed by atoms with Crippen LogP contribution in [0.1, 0.15) is 13.8 Å². The van der Waals surface area contributed by atoms with Crippen LogP contribution in [0, 0.1) is 7.83 Å². The van der Waals surface area contributed by atoms with Crippen molar-refractivity contribution in [3.8, 4) is 0 Å². The van der Waals surface area contributed by atoms with Gasteiger partial charge in [-0.3, -0.25) is 50.5 Å². The predicted molar refractivity (Wildman–Crippen MR) is 195 cm³/mol. The summed E-state index contributed by atoms with van der Waals surface area (Å²) in [5.74, 6) is 0. The largest absolute Gasteiger partial charge is 0.470 e. The van der Waals surface area contributed by atoms with Crippen LogP contribution in [0.5, 0.6) is 0 Å². The van der Waals surface area contributed by atoms with Gasteiger partial charge < -0.3 is 0 Å². The van der Waals surface area contributed by atoms with Crippen molar-refractivity contribution in [3.63, 3.8) is 0 Å². The molecule has 0 spiro atoms. The van der Waals surface area contributed by atoms with E-state index in [4.69, 9.17) is 0 Å². The van der Waals surface area contributed by atoms with Crippen LogP contribution in [0.15, 0.2) is 35.1 Å². The maximum absolute atomic E-state index is 13.4. The summed E-state index contributed by atoms with van der Waals surface area (Å²) in [5, 5.41) is -17.3. The summed E-state index contributed by atoms with van der Waals surface area (Å²) in [6, 6.07) is 0. The second-order valence-electron chi connectivity index (χ2n) is 13.2. The lowest BCUT2D eigenvalue weighted by Gasteiger charge is -2.31. The Hall–Kier alpha value is -3.94. The first-order valence-corrected chi connectivity index (χ1v) is 29.1. The summed E-state index contributed by atoms with van der Waals surface area (Å²) < 4.78 is 513. The average molecular weight is 1410 g/mol. The third-order valence-corrected chi connectivity index (χ3v) is 25.6. The monoisotopic (exact) mass is 1410 g/mol. The zero-order valence-electron chi connectivity index (χ0n) is 36.9. The van der Waals surface area contributed by atoms with Gasteiger partial charge in [0.15, 0.2) is 65.2 Å². The Balaban J connectivity index is 0. The molecule has 0 bridgehead atoms. The van der Waals surface area contributed by atoms with Gasteiger partial charge in [0, 0.05) is 0 Å². The maximum Gasteiger partial charge on any atom is 0.470 e. The smallest absolute Gasteiger partial charge is 0.251 e. The van der Waals surface area contributed by atoms with Crippen molar-refractivity contribution in [2.24, 2.45) is 14.1 Å². The molecule has 0 aliphatic rings. The topological polar surface area (TPSA) is 291 Å². The van der Waals surface area contributed by atoms with Crippen LogP contribution in [0.25, 0.3) is 0 Å². The molecule has 2 rings (SSSR count). The minimum atomic E-state index is -8.02. The lowest BCUT2D eigenvalue weighted by Crippen LogP contribution is -2.49. The highest BCUT2D eigenvalue weighted by Gasteiger charge is 2.73. The van der Waals surface area contributed by atoms with Crippen molar-refractivity contribution in [2.45, 2.75) is 93.0 Å². The molecule has 20 nitrogen and oxygen atoms in total. The zero-order chi connectivity index (χ0) is 65.9. The van der Waals surface area contributed by atoms with Crippen molar-refractivity contribution < 1.29 is 199 Å². The molecule has 2 aromatic rings. The van der Waals surface area contributed by atoms with E-state index in [2.05, 4.69) is 24.0 Å². The molecule has 0 saturated carbocycles. The molecule has 80 heavy (non-hydrogen) atoms. The molecule has 0 radical (unpaired) electrons. The maximum atomic E-state index is 13.4. The molecule has 0 aliphatic heterocycles. The standard InChI is InChI=1S/C10H9F10N2O4S2.C6H11N2.2C4F9O6S3/c1-3-22-4-5(27(23,24)9(17,18)7(11,12)13)21(2)6(22)28(25,26)10(19,20)8(14,15)16;1-3-8-5-4-7(2)6-8;2*5-2(6,7)20(14,15)1(21(16,17)3(8,9)10)22(18,19)4(11,12)13/h4H,3H2,1-2H3;4-6H,3H2,1-2H3;;/q2*+1;2*-1. The van der Waals surface area contributed by atoms with Crippen molar-refractivity contribution in [1.82, 2.24) is 9.13 Å². The van der Waals surface area contributed by atoms with E-state index in [0.29, 0.717) is 0 Å². The first-order valence-electron chi connectivity index (χ1n) is 17.2. The normalized spacial score (nSPS) is 15.1. The Bertz CT molecular complexity index is 3150. The van der Waals surface area contributed by atoms with Crippen LogP contribution in [0.2, 0.25) is 0 Å². The highest BCUT2D eigenvalue weighted by atomic mass is 32.3. The van der Waals surface area contributed by atoms with Gasteiger partial charge in [0.25, 0.3) is 14.9 Å². The van der Waals surface area contributed by atoms with Gasteiger partial charge in [0.1, 0.15) is 12.4 Å². The Morgan fingerprint density at radius 3 is 0.825 bits per heavy atom. The quantitative estimate of drug-likeness (QED) is 0.153. The molecular weight excluding hydrogens is 1390 g/mol. The molecule has 476 valence electrons. The second-order valence-corrected chi connectivity index (χ2v) is 29.9. The lowest BCUT2D eigenvalue weighted by molar-refractivity contribution is -0.731. The third-order valence-electron chi connectivity index (χ3n) is 7.65. The van der Waals surface area contributed by atoms with Gasteiger partial charge in [-0.05, 0) is 13.8 Å². The van der Waals surface area contributed by atoms with Crippen LogP contribution in [0.3, 0.4) is 0 Å². The third kappa shape index (κ3) is 14.9. The number of rotatable bonds is 12. The van der Waals surface area contributed by atoms with E-state index in [1.807, 2.05) is 17.8 Å². The minimum Gasteiger partial charge on any atom is -0.251 e. The number of aryl methyl sites for hydroxylation is 3. The van der Waals surface area contributed by atoms with E-state index >= 15 is 0 Å². The number of nitrogens with zero attached hydrogens (tertiary/aromatic N) is 4. The Kier molecular flexibility index (Phi) is 22.4. The fourth-order valence-corrected chi connectivity index (χ4v) is 18.3. The van der Waals surface area contributed by atoms with Crippen LogP contribution in [-0.2, 0) is 106 Å². The van der Waals surface area contributed by atoms with E-state index in [-0.39, 0.29) is 17.8 Å². The molecule has 56 heteroatoms. The average Bonchev–Trinajstić information content (AvgIpc) is 3.76. The van der Waals surface area contributed by atoms with Crippen LogP contribution in [0.4, 0.5) is 123 Å². The molecule has 0 aromatic carbocycles. The fraction of sp³-hybridized carbons (Fsp3) is 0.667. The summed E-state index contributed by atoms with van der Waals surface area (Å²) in [4.78, 5) is 0. The molecular formula is C24H20F28N4O16S8. The summed E-state index contributed by atoms with van der Waals surface area (Å²) >= 11 is 0.